The van der Waals surface area contributed by atoms with Gasteiger partial charge in [-0.3, -0.25) is 4.79 Å². The van der Waals surface area contributed by atoms with Gasteiger partial charge in [0.15, 0.2) is 0 Å². The summed E-state index contributed by atoms with van der Waals surface area (Å²) in [7, 11) is 0. The van der Waals surface area contributed by atoms with Crippen molar-refractivity contribution in [3.63, 3.8) is 0 Å². The fourth-order valence-corrected chi connectivity index (χ4v) is 4.66. The van der Waals surface area contributed by atoms with Crippen molar-refractivity contribution in [2.45, 2.75) is 44.9 Å². The normalized spacial score (nSPS) is 17.3. The van der Waals surface area contributed by atoms with E-state index < -0.39 is 0 Å². The summed E-state index contributed by atoms with van der Waals surface area (Å²) in [6.07, 6.45) is 9.61. The summed E-state index contributed by atoms with van der Waals surface area (Å²) in [6.45, 7) is 1.68. The SMILES string of the molecule is N#CC(=C1CCCCC1)c1nc(-c2c[nH]c(C(=O)N3CCCC3)c2)cs1. The topological polar surface area (TPSA) is 72.8 Å². The minimum atomic E-state index is 0.0613. The van der Waals surface area contributed by atoms with Crippen LogP contribution in [0.1, 0.15) is 60.4 Å². The number of aromatic amines is 1. The smallest absolute Gasteiger partial charge is 0.270 e. The van der Waals surface area contributed by atoms with Gasteiger partial charge in [0.25, 0.3) is 5.91 Å². The second-order valence-corrected chi connectivity index (χ2v) is 7.85. The van der Waals surface area contributed by atoms with Gasteiger partial charge < -0.3 is 9.88 Å². The van der Waals surface area contributed by atoms with Crippen molar-refractivity contribution >= 4 is 22.8 Å². The molecule has 2 fully saturated rings. The Morgan fingerprint density at radius 2 is 1.96 bits per heavy atom. The fourth-order valence-electron chi connectivity index (χ4n) is 3.78. The number of nitrogens with one attached hydrogen (secondary N) is 1. The standard InChI is InChI=1S/C20H22N4OS/c21-11-16(14-6-2-1-3-7-14)19-23-18(13-26-19)15-10-17(22-12-15)20(25)24-8-4-5-9-24/h10,12-13,22H,1-9H2. The molecule has 0 radical (unpaired) electrons. The summed E-state index contributed by atoms with van der Waals surface area (Å²) in [6, 6.07) is 4.25. The molecule has 0 spiro atoms. The lowest BCUT2D eigenvalue weighted by molar-refractivity contribution is 0.0788. The van der Waals surface area contributed by atoms with Crippen molar-refractivity contribution < 1.29 is 4.79 Å². The molecule has 4 rings (SSSR count). The molecule has 3 heterocycles. The zero-order valence-electron chi connectivity index (χ0n) is 14.8. The molecule has 1 saturated heterocycles. The highest BCUT2D eigenvalue weighted by Gasteiger charge is 2.22. The molecule has 1 aliphatic heterocycles. The van der Waals surface area contributed by atoms with E-state index in [4.69, 9.17) is 4.98 Å². The van der Waals surface area contributed by atoms with Crippen LogP contribution < -0.4 is 0 Å². The maximum Gasteiger partial charge on any atom is 0.270 e. The van der Waals surface area contributed by atoms with Gasteiger partial charge in [-0.2, -0.15) is 5.26 Å². The van der Waals surface area contributed by atoms with Crippen LogP contribution in [0.3, 0.4) is 0 Å². The Hall–Kier alpha value is -2.39. The zero-order valence-corrected chi connectivity index (χ0v) is 15.6. The van der Waals surface area contributed by atoms with Crippen molar-refractivity contribution in [3.05, 3.63) is 33.9 Å². The van der Waals surface area contributed by atoms with Crippen molar-refractivity contribution in [2.24, 2.45) is 0 Å². The van der Waals surface area contributed by atoms with Gasteiger partial charge in [-0.05, 0) is 50.2 Å². The number of likely N-dealkylation sites (tertiary alicyclic amines) is 1. The molecular weight excluding hydrogens is 344 g/mol. The van der Waals surface area contributed by atoms with Gasteiger partial charge in [-0.15, -0.1) is 11.3 Å². The van der Waals surface area contributed by atoms with Gasteiger partial charge in [-0.1, -0.05) is 6.42 Å². The van der Waals surface area contributed by atoms with Crippen LogP contribution in [0.5, 0.6) is 0 Å². The second-order valence-electron chi connectivity index (χ2n) is 6.99. The number of carbonyl (C=O) groups is 1. The second kappa shape index (κ2) is 7.46. The van der Waals surface area contributed by atoms with Crippen LogP contribution >= 0.6 is 11.3 Å². The van der Waals surface area contributed by atoms with Crippen molar-refractivity contribution in [1.82, 2.24) is 14.9 Å². The van der Waals surface area contributed by atoms with Gasteiger partial charge in [0.05, 0.1) is 11.3 Å². The summed E-state index contributed by atoms with van der Waals surface area (Å²) in [4.78, 5) is 22.2. The molecule has 1 saturated carbocycles. The molecule has 0 bridgehead atoms. The third-order valence-corrected chi connectivity index (χ3v) is 6.10. The van der Waals surface area contributed by atoms with E-state index in [0.29, 0.717) is 5.69 Å². The number of carbonyl (C=O) groups excluding carboxylic acids is 1. The average molecular weight is 366 g/mol. The highest BCUT2D eigenvalue weighted by Crippen LogP contribution is 2.33. The molecule has 5 nitrogen and oxygen atoms in total. The van der Waals surface area contributed by atoms with E-state index in [9.17, 15) is 10.1 Å². The van der Waals surface area contributed by atoms with E-state index in [1.807, 2.05) is 22.5 Å². The van der Waals surface area contributed by atoms with Crippen LogP contribution in [-0.4, -0.2) is 33.9 Å². The number of nitrogens with zero attached hydrogens (tertiary/aromatic N) is 3. The van der Waals surface area contributed by atoms with Gasteiger partial charge in [0.1, 0.15) is 16.8 Å². The predicted octanol–water partition coefficient (Wildman–Crippen LogP) is 4.62. The largest absolute Gasteiger partial charge is 0.357 e. The molecule has 1 amide bonds. The molecule has 26 heavy (non-hydrogen) atoms. The lowest BCUT2D eigenvalue weighted by Crippen LogP contribution is -2.27. The summed E-state index contributed by atoms with van der Waals surface area (Å²) < 4.78 is 0. The zero-order chi connectivity index (χ0) is 17.9. The third kappa shape index (κ3) is 3.32. The number of rotatable bonds is 3. The first-order chi connectivity index (χ1) is 12.8. The van der Waals surface area contributed by atoms with Crippen LogP contribution in [0.15, 0.2) is 23.2 Å². The molecule has 0 unspecified atom stereocenters. The van der Waals surface area contributed by atoms with Crippen LogP contribution in [0, 0.1) is 11.3 Å². The first kappa shape index (κ1) is 17.0. The number of amides is 1. The molecule has 2 aromatic heterocycles. The van der Waals surface area contributed by atoms with E-state index in [-0.39, 0.29) is 5.91 Å². The lowest BCUT2D eigenvalue weighted by atomic mass is 9.91. The Bertz CT molecular complexity index is 872. The van der Waals surface area contributed by atoms with Gasteiger partial charge >= 0.3 is 0 Å². The predicted molar refractivity (Wildman–Crippen MR) is 103 cm³/mol. The molecule has 1 N–H and O–H groups in total. The van der Waals surface area contributed by atoms with E-state index in [2.05, 4.69) is 11.1 Å². The molecule has 2 aliphatic rings. The Morgan fingerprint density at radius 1 is 1.19 bits per heavy atom. The van der Waals surface area contributed by atoms with Crippen molar-refractivity contribution in [2.75, 3.05) is 13.1 Å². The van der Waals surface area contributed by atoms with Gasteiger partial charge in [0, 0.05) is 30.2 Å². The van der Waals surface area contributed by atoms with E-state index in [1.165, 1.54) is 36.2 Å². The van der Waals surface area contributed by atoms with Crippen LogP contribution in [0.25, 0.3) is 16.8 Å². The van der Waals surface area contributed by atoms with E-state index >= 15 is 0 Å². The Morgan fingerprint density at radius 3 is 2.69 bits per heavy atom. The number of hydrogen-bond donors (Lipinski definition) is 1. The number of aromatic nitrogens is 2. The van der Waals surface area contributed by atoms with Crippen LogP contribution in [0.2, 0.25) is 0 Å². The molecule has 134 valence electrons. The number of allylic oxidation sites excluding steroid dienone is 2. The Kier molecular flexibility index (Phi) is 4.89. The molecule has 2 aromatic rings. The number of hydrogen-bond acceptors (Lipinski definition) is 4. The first-order valence-electron chi connectivity index (χ1n) is 9.32. The summed E-state index contributed by atoms with van der Waals surface area (Å²) in [5.74, 6) is 0.0613. The Balaban J connectivity index is 1.56. The van der Waals surface area contributed by atoms with E-state index in [0.717, 1.165) is 60.6 Å². The fraction of sp³-hybridized carbons (Fsp3) is 0.450. The molecule has 0 aromatic carbocycles. The summed E-state index contributed by atoms with van der Waals surface area (Å²) in [5.41, 5.74) is 4.35. The molecule has 1 aliphatic carbocycles. The highest BCUT2D eigenvalue weighted by atomic mass is 32.1. The number of H-pyrrole nitrogens is 1. The molecule has 0 atom stereocenters. The monoisotopic (exact) mass is 366 g/mol. The van der Waals surface area contributed by atoms with Gasteiger partial charge in [0.2, 0.25) is 0 Å². The minimum absolute atomic E-state index is 0.0613. The molecule has 6 heteroatoms. The minimum Gasteiger partial charge on any atom is -0.357 e. The maximum atomic E-state index is 12.5. The van der Waals surface area contributed by atoms with E-state index in [1.54, 1.807) is 0 Å². The highest BCUT2D eigenvalue weighted by molar-refractivity contribution is 7.11. The number of nitriles is 1. The van der Waals surface area contributed by atoms with Gasteiger partial charge in [-0.25, -0.2) is 4.98 Å². The number of thiazole rings is 1. The Labute approximate surface area is 157 Å². The average Bonchev–Trinajstić information content (AvgIpc) is 3.43. The summed E-state index contributed by atoms with van der Waals surface area (Å²) >= 11 is 1.51. The first-order valence-corrected chi connectivity index (χ1v) is 10.2. The van der Waals surface area contributed by atoms with Crippen molar-refractivity contribution in [3.8, 4) is 17.3 Å². The van der Waals surface area contributed by atoms with Crippen LogP contribution in [-0.2, 0) is 0 Å². The maximum absolute atomic E-state index is 12.5. The lowest BCUT2D eigenvalue weighted by Gasteiger charge is -2.14. The molecular formula is C20H22N4OS. The third-order valence-electron chi connectivity index (χ3n) is 5.24. The summed E-state index contributed by atoms with van der Waals surface area (Å²) in [5, 5.41) is 12.4. The van der Waals surface area contributed by atoms with Crippen LogP contribution in [0.4, 0.5) is 0 Å². The quantitative estimate of drug-likeness (QED) is 0.806. The van der Waals surface area contributed by atoms with Crippen molar-refractivity contribution in [1.29, 1.82) is 5.26 Å².